The number of nitrogens with zero attached hydrogens (tertiary/aromatic N) is 4. The molecule has 1 aliphatic heterocycles. The summed E-state index contributed by atoms with van der Waals surface area (Å²) < 4.78 is 5.46. The van der Waals surface area contributed by atoms with E-state index in [9.17, 15) is 4.79 Å². The van der Waals surface area contributed by atoms with E-state index in [1.807, 2.05) is 12.1 Å². The van der Waals surface area contributed by atoms with Crippen molar-refractivity contribution in [2.24, 2.45) is 0 Å². The summed E-state index contributed by atoms with van der Waals surface area (Å²) in [6.45, 7) is 1.62. The highest BCUT2D eigenvalue weighted by Crippen LogP contribution is 2.30. The molecule has 8 heteroatoms. The first kappa shape index (κ1) is 18.4. The first-order valence-electron chi connectivity index (χ1n) is 9.86. The molecule has 0 bridgehead atoms. The van der Waals surface area contributed by atoms with Gasteiger partial charge in [0.1, 0.15) is 17.5 Å². The number of H-pyrrole nitrogens is 1. The van der Waals surface area contributed by atoms with Crippen LogP contribution in [0.3, 0.4) is 0 Å². The number of fused-ring (bicyclic) bond motifs is 1. The van der Waals surface area contributed by atoms with Crippen molar-refractivity contribution in [3.05, 3.63) is 71.3 Å². The van der Waals surface area contributed by atoms with Gasteiger partial charge < -0.3 is 15.0 Å². The van der Waals surface area contributed by atoms with Crippen LogP contribution in [0.5, 0.6) is 0 Å². The van der Waals surface area contributed by atoms with E-state index < -0.39 is 0 Å². The average Bonchev–Trinajstić information content (AvgIpc) is 2.81. The minimum absolute atomic E-state index is 0.246. The third-order valence-electron chi connectivity index (χ3n) is 5.35. The lowest BCUT2D eigenvalue weighted by molar-refractivity contribution is 0.0853. The maximum Gasteiger partial charge on any atom is 0.262 e. The van der Waals surface area contributed by atoms with Gasteiger partial charge in [-0.1, -0.05) is 12.1 Å². The van der Waals surface area contributed by atoms with Crippen molar-refractivity contribution < 1.29 is 4.74 Å². The van der Waals surface area contributed by atoms with Crippen LogP contribution in [-0.4, -0.2) is 38.1 Å². The molecule has 0 radical (unpaired) electrons. The van der Waals surface area contributed by atoms with Crippen LogP contribution < -0.4 is 10.9 Å². The number of hydrogen-bond donors (Lipinski definition) is 2. The van der Waals surface area contributed by atoms with Gasteiger partial charge in [0.2, 0.25) is 0 Å². The molecule has 1 fully saturated rings. The quantitative estimate of drug-likeness (QED) is 0.541. The van der Waals surface area contributed by atoms with E-state index in [0.29, 0.717) is 28.3 Å². The van der Waals surface area contributed by atoms with Gasteiger partial charge in [0.05, 0.1) is 17.5 Å². The molecule has 0 spiro atoms. The molecule has 1 aliphatic rings. The summed E-state index contributed by atoms with van der Waals surface area (Å²) in [4.78, 5) is 32.2. The molecular formula is C22H20N6O2. The van der Waals surface area contributed by atoms with Gasteiger partial charge in [-0.2, -0.15) is 0 Å². The third-order valence-corrected chi connectivity index (χ3v) is 5.35. The van der Waals surface area contributed by atoms with Crippen molar-refractivity contribution in [3.63, 3.8) is 0 Å². The van der Waals surface area contributed by atoms with E-state index in [2.05, 4.69) is 42.4 Å². The molecule has 0 aliphatic carbocycles. The lowest BCUT2D eigenvalue weighted by Crippen LogP contribution is -2.14. The SMILES string of the molecule is O=c1[nH]cnc2cc(-c3cncnc3)nc(Nc3ccc(C4CCOCC4)cc3)c12. The van der Waals surface area contributed by atoms with Crippen LogP contribution in [0.2, 0.25) is 0 Å². The van der Waals surface area contributed by atoms with Crippen molar-refractivity contribution in [2.75, 3.05) is 18.5 Å². The van der Waals surface area contributed by atoms with Crippen molar-refractivity contribution in [1.82, 2.24) is 24.9 Å². The number of anilines is 2. The van der Waals surface area contributed by atoms with Gasteiger partial charge in [0, 0.05) is 36.9 Å². The van der Waals surface area contributed by atoms with E-state index >= 15 is 0 Å². The van der Waals surface area contributed by atoms with Gasteiger partial charge in [-0.3, -0.25) is 4.79 Å². The van der Waals surface area contributed by atoms with Crippen molar-refractivity contribution in [1.29, 1.82) is 0 Å². The Morgan fingerprint density at radius 3 is 2.60 bits per heavy atom. The summed E-state index contributed by atoms with van der Waals surface area (Å²) in [5, 5.41) is 3.70. The molecule has 3 aromatic heterocycles. The topological polar surface area (TPSA) is 106 Å². The number of aromatic amines is 1. The lowest BCUT2D eigenvalue weighted by Gasteiger charge is -2.22. The Bertz CT molecular complexity index is 1220. The standard InChI is InChI=1S/C22H20N6O2/c29-22-20-19(25-13-26-22)9-18(16-10-23-12-24-11-16)28-21(20)27-17-3-1-14(2-4-17)15-5-7-30-8-6-15/h1-4,9-13,15H,5-8H2,(H,27,28)(H,25,26,29). The molecular weight excluding hydrogens is 380 g/mol. The number of aromatic nitrogens is 5. The first-order chi connectivity index (χ1) is 14.8. The predicted molar refractivity (Wildman–Crippen MR) is 114 cm³/mol. The van der Waals surface area contributed by atoms with Crippen LogP contribution in [0.25, 0.3) is 22.2 Å². The molecule has 5 rings (SSSR count). The minimum atomic E-state index is -0.246. The first-order valence-corrected chi connectivity index (χ1v) is 9.86. The van der Waals surface area contributed by atoms with Crippen molar-refractivity contribution in [3.8, 4) is 11.3 Å². The second-order valence-corrected chi connectivity index (χ2v) is 7.24. The van der Waals surface area contributed by atoms with Crippen LogP contribution in [0.15, 0.2) is 60.2 Å². The van der Waals surface area contributed by atoms with E-state index in [1.165, 1.54) is 18.2 Å². The number of pyridine rings is 1. The third kappa shape index (κ3) is 3.65. The maximum absolute atomic E-state index is 12.5. The predicted octanol–water partition coefficient (Wildman–Crippen LogP) is 3.41. The van der Waals surface area contributed by atoms with E-state index in [-0.39, 0.29) is 5.56 Å². The van der Waals surface area contributed by atoms with Gasteiger partial charge in [-0.15, -0.1) is 0 Å². The summed E-state index contributed by atoms with van der Waals surface area (Å²) in [6.07, 6.45) is 8.30. The molecule has 4 aromatic rings. The summed E-state index contributed by atoms with van der Waals surface area (Å²) in [5.41, 5.74) is 3.85. The van der Waals surface area contributed by atoms with Gasteiger partial charge >= 0.3 is 0 Å². The summed E-state index contributed by atoms with van der Waals surface area (Å²) in [5.74, 6) is 0.972. The van der Waals surface area contributed by atoms with Crippen LogP contribution >= 0.6 is 0 Å². The molecule has 150 valence electrons. The minimum Gasteiger partial charge on any atom is -0.381 e. The fourth-order valence-corrected chi connectivity index (χ4v) is 3.77. The Morgan fingerprint density at radius 1 is 1.07 bits per heavy atom. The smallest absolute Gasteiger partial charge is 0.262 e. The van der Waals surface area contributed by atoms with Crippen molar-refractivity contribution in [2.45, 2.75) is 18.8 Å². The number of benzene rings is 1. The molecule has 4 heterocycles. The van der Waals surface area contributed by atoms with Crippen molar-refractivity contribution >= 4 is 22.4 Å². The fourth-order valence-electron chi connectivity index (χ4n) is 3.77. The Labute approximate surface area is 172 Å². The summed E-state index contributed by atoms with van der Waals surface area (Å²) in [6, 6.07) is 10.0. The van der Waals surface area contributed by atoms with Crippen LogP contribution in [-0.2, 0) is 4.74 Å². The van der Waals surface area contributed by atoms with Gasteiger partial charge in [0.25, 0.3) is 5.56 Å². The van der Waals surface area contributed by atoms with Gasteiger partial charge in [0.15, 0.2) is 0 Å². The zero-order chi connectivity index (χ0) is 20.3. The van der Waals surface area contributed by atoms with E-state index in [4.69, 9.17) is 4.74 Å². The molecule has 30 heavy (non-hydrogen) atoms. The molecule has 0 saturated carbocycles. The summed E-state index contributed by atoms with van der Waals surface area (Å²) >= 11 is 0. The van der Waals surface area contributed by atoms with Crippen LogP contribution in [0, 0.1) is 0 Å². The zero-order valence-electron chi connectivity index (χ0n) is 16.2. The molecule has 0 amide bonds. The Hall–Kier alpha value is -3.65. The molecule has 1 aromatic carbocycles. The molecule has 1 saturated heterocycles. The number of rotatable bonds is 4. The number of nitrogens with one attached hydrogen (secondary N) is 2. The highest BCUT2D eigenvalue weighted by Gasteiger charge is 2.16. The lowest BCUT2D eigenvalue weighted by atomic mass is 9.92. The van der Waals surface area contributed by atoms with E-state index in [1.54, 1.807) is 18.5 Å². The van der Waals surface area contributed by atoms with Crippen LogP contribution in [0.1, 0.15) is 24.3 Å². The van der Waals surface area contributed by atoms with E-state index in [0.717, 1.165) is 37.3 Å². The fraction of sp³-hybridized carbons (Fsp3) is 0.227. The molecule has 0 unspecified atom stereocenters. The summed E-state index contributed by atoms with van der Waals surface area (Å²) in [7, 11) is 0. The number of hydrogen-bond acceptors (Lipinski definition) is 7. The normalized spacial score (nSPS) is 14.7. The Balaban J connectivity index is 1.52. The second kappa shape index (κ2) is 8.00. The Morgan fingerprint density at radius 2 is 1.83 bits per heavy atom. The zero-order valence-corrected chi connectivity index (χ0v) is 16.2. The molecule has 8 nitrogen and oxygen atoms in total. The van der Waals surface area contributed by atoms with Crippen LogP contribution in [0.4, 0.5) is 11.5 Å². The van der Waals surface area contributed by atoms with Gasteiger partial charge in [-0.05, 0) is 42.5 Å². The monoisotopic (exact) mass is 400 g/mol. The highest BCUT2D eigenvalue weighted by atomic mass is 16.5. The average molecular weight is 400 g/mol. The largest absolute Gasteiger partial charge is 0.381 e. The molecule has 0 atom stereocenters. The number of ether oxygens (including phenoxy) is 1. The second-order valence-electron chi connectivity index (χ2n) is 7.24. The van der Waals surface area contributed by atoms with Gasteiger partial charge in [-0.25, -0.2) is 19.9 Å². The molecule has 2 N–H and O–H groups in total. The maximum atomic E-state index is 12.5. The highest BCUT2D eigenvalue weighted by molar-refractivity contribution is 5.92. The Kier molecular flexibility index (Phi) is 4.90.